The van der Waals surface area contributed by atoms with Crippen molar-refractivity contribution in [2.45, 2.75) is 31.5 Å². The Kier molecular flexibility index (Phi) is 4.99. The summed E-state index contributed by atoms with van der Waals surface area (Å²) in [6.07, 6.45) is -0.871. The zero-order valence-electron chi connectivity index (χ0n) is 12.5. The fourth-order valence-electron chi connectivity index (χ4n) is 2.91. The van der Waals surface area contributed by atoms with Gasteiger partial charge in [0.15, 0.2) is 0 Å². The first-order chi connectivity index (χ1) is 11.4. The fourth-order valence-corrected chi connectivity index (χ4v) is 3.57. The van der Waals surface area contributed by atoms with Gasteiger partial charge >= 0.3 is 6.18 Å². The molecule has 1 fully saturated rings. The van der Waals surface area contributed by atoms with Crippen molar-refractivity contribution in [3.63, 3.8) is 0 Å². The number of hydrogen-bond donors (Lipinski definition) is 1. The van der Waals surface area contributed by atoms with E-state index in [-0.39, 0.29) is 22.1 Å². The molecule has 0 radical (unpaired) electrons. The number of aromatic nitrogens is 2. The lowest BCUT2D eigenvalue weighted by Crippen LogP contribution is -2.29. The number of halogens is 5. The highest BCUT2D eigenvalue weighted by molar-refractivity contribution is 6.35. The molecule has 3 nitrogen and oxygen atoms in total. The molecule has 0 aromatic carbocycles. The van der Waals surface area contributed by atoms with Gasteiger partial charge in [0.2, 0.25) is 0 Å². The zero-order chi connectivity index (χ0) is 17.3. The second-order valence-electron chi connectivity index (χ2n) is 5.57. The van der Waals surface area contributed by atoms with Crippen LogP contribution in [0.5, 0.6) is 0 Å². The summed E-state index contributed by atoms with van der Waals surface area (Å²) in [4.78, 5) is 8.15. The number of hydrogen-bond acceptors (Lipinski definition) is 3. The number of nitrogens with one attached hydrogen (secondary N) is 1. The lowest BCUT2D eigenvalue weighted by atomic mass is 9.94. The van der Waals surface area contributed by atoms with E-state index < -0.39 is 22.8 Å². The molecule has 2 aromatic heterocycles. The van der Waals surface area contributed by atoms with Crippen LogP contribution in [0.3, 0.4) is 0 Å². The molecule has 0 amide bonds. The van der Waals surface area contributed by atoms with E-state index in [0.717, 1.165) is 12.8 Å². The fraction of sp³-hybridized carbons (Fsp3) is 0.375. The highest BCUT2D eigenvalue weighted by atomic mass is 35.5. The number of alkyl halides is 3. The Balaban J connectivity index is 2.22. The van der Waals surface area contributed by atoms with Crippen molar-refractivity contribution in [1.82, 2.24) is 15.3 Å². The molecule has 2 aromatic rings. The second-order valence-corrected chi connectivity index (χ2v) is 6.31. The number of piperidine rings is 1. The van der Waals surface area contributed by atoms with Crippen molar-refractivity contribution in [2.24, 2.45) is 0 Å². The summed E-state index contributed by atoms with van der Waals surface area (Å²) in [6, 6.07) is 4.34. The Morgan fingerprint density at radius 1 is 1.17 bits per heavy atom. The van der Waals surface area contributed by atoms with Gasteiger partial charge in [0.1, 0.15) is 10.8 Å². The third-order valence-corrected chi connectivity index (χ3v) is 4.63. The molecule has 3 rings (SSSR count). The van der Waals surface area contributed by atoms with Gasteiger partial charge in [-0.1, -0.05) is 35.7 Å². The highest BCUT2D eigenvalue weighted by Gasteiger charge is 2.41. The lowest BCUT2D eigenvalue weighted by Gasteiger charge is -2.28. The predicted octanol–water partition coefficient (Wildman–Crippen LogP) is 5.28. The normalized spacial score (nSPS) is 18.6. The Morgan fingerprint density at radius 3 is 2.54 bits per heavy atom. The first-order valence-electron chi connectivity index (χ1n) is 7.50. The van der Waals surface area contributed by atoms with Crippen molar-refractivity contribution >= 4 is 23.2 Å². The van der Waals surface area contributed by atoms with Gasteiger partial charge in [0.05, 0.1) is 16.3 Å². The van der Waals surface area contributed by atoms with Crippen LogP contribution in [-0.2, 0) is 6.18 Å². The first kappa shape index (κ1) is 17.5. The first-order valence-corrected chi connectivity index (χ1v) is 8.26. The summed E-state index contributed by atoms with van der Waals surface area (Å²) >= 11 is 12.3. The molecule has 24 heavy (non-hydrogen) atoms. The van der Waals surface area contributed by atoms with Crippen LogP contribution < -0.4 is 5.32 Å². The van der Waals surface area contributed by atoms with Crippen LogP contribution >= 0.6 is 23.2 Å². The molecule has 3 heterocycles. The summed E-state index contributed by atoms with van der Waals surface area (Å²) in [5, 5.41) is 2.42. The molecule has 0 spiro atoms. The Morgan fingerprint density at radius 2 is 1.96 bits per heavy atom. The molecule has 8 heteroatoms. The molecular formula is C16H14Cl2F3N3. The van der Waals surface area contributed by atoms with Crippen LogP contribution in [0.25, 0.3) is 11.4 Å². The van der Waals surface area contributed by atoms with Gasteiger partial charge in [-0.15, -0.1) is 0 Å². The Bertz CT molecular complexity index is 730. The number of rotatable bonds is 2. The van der Waals surface area contributed by atoms with Gasteiger partial charge in [-0.25, -0.2) is 4.98 Å². The minimum absolute atomic E-state index is 0.0610. The van der Waals surface area contributed by atoms with E-state index in [4.69, 9.17) is 23.2 Å². The monoisotopic (exact) mass is 375 g/mol. The van der Waals surface area contributed by atoms with Crippen LogP contribution in [0, 0.1) is 0 Å². The average Bonchev–Trinajstić information content (AvgIpc) is 2.56. The molecule has 1 unspecified atom stereocenters. The summed E-state index contributed by atoms with van der Waals surface area (Å²) in [5.74, 6) is 0. The summed E-state index contributed by atoms with van der Waals surface area (Å²) in [6.45, 7) is 0.637. The van der Waals surface area contributed by atoms with Crippen LogP contribution in [0.1, 0.15) is 36.4 Å². The number of pyridine rings is 2. The Hall–Kier alpha value is -1.37. The second kappa shape index (κ2) is 6.86. The van der Waals surface area contributed by atoms with Gasteiger partial charge in [0.25, 0.3) is 0 Å². The molecule has 1 N–H and O–H groups in total. The van der Waals surface area contributed by atoms with Crippen LogP contribution in [-0.4, -0.2) is 16.5 Å². The molecular weight excluding hydrogens is 362 g/mol. The van der Waals surface area contributed by atoms with Gasteiger partial charge in [0, 0.05) is 17.8 Å². The summed E-state index contributed by atoms with van der Waals surface area (Å²) in [7, 11) is 0. The average molecular weight is 376 g/mol. The maximum absolute atomic E-state index is 13.7. The van der Waals surface area contributed by atoms with Crippen molar-refractivity contribution in [1.29, 1.82) is 0 Å². The van der Waals surface area contributed by atoms with E-state index in [9.17, 15) is 13.2 Å². The lowest BCUT2D eigenvalue weighted by molar-refractivity contribution is -0.138. The van der Waals surface area contributed by atoms with Crippen molar-refractivity contribution in [2.75, 3.05) is 6.54 Å². The van der Waals surface area contributed by atoms with E-state index in [0.29, 0.717) is 13.0 Å². The Labute approximate surface area is 147 Å². The molecule has 1 atom stereocenters. The van der Waals surface area contributed by atoms with E-state index in [1.807, 2.05) is 0 Å². The van der Waals surface area contributed by atoms with Gasteiger partial charge in [-0.05, 0) is 31.5 Å². The zero-order valence-corrected chi connectivity index (χ0v) is 14.0. The van der Waals surface area contributed by atoms with Crippen LogP contribution in [0.2, 0.25) is 10.2 Å². The molecule has 1 aliphatic heterocycles. The van der Waals surface area contributed by atoms with Crippen molar-refractivity contribution in [3.05, 3.63) is 45.7 Å². The van der Waals surface area contributed by atoms with Crippen molar-refractivity contribution in [3.8, 4) is 11.4 Å². The minimum atomic E-state index is -4.64. The third kappa shape index (κ3) is 3.36. The smallest absolute Gasteiger partial charge is 0.310 e. The third-order valence-electron chi connectivity index (χ3n) is 3.98. The SMILES string of the molecule is FC(F)(F)c1c(Cl)c(-c2ccccn2)nc(Cl)c1C1CCCCN1. The molecule has 1 aliphatic rings. The quantitative estimate of drug-likeness (QED) is 0.725. The molecule has 0 bridgehead atoms. The minimum Gasteiger partial charge on any atom is -0.310 e. The van der Waals surface area contributed by atoms with Crippen LogP contribution in [0.15, 0.2) is 24.4 Å². The van der Waals surface area contributed by atoms with E-state index in [2.05, 4.69) is 15.3 Å². The molecule has 128 valence electrons. The van der Waals surface area contributed by atoms with Crippen molar-refractivity contribution < 1.29 is 13.2 Å². The topological polar surface area (TPSA) is 37.8 Å². The van der Waals surface area contributed by atoms with Crippen LogP contribution in [0.4, 0.5) is 13.2 Å². The van der Waals surface area contributed by atoms with Gasteiger partial charge in [-0.3, -0.25) is 4.98 Å². The maximum atomic E-state index is 13.7. The highest BCUT2D eigenvalue weighted by Crippen LogP contribution is 2.46. The standard InChI is InChI=1S/C16H14Cl2F3N3/c17-13-12(16(19,20)21)11(9-5-1-3-7-22-9)15(18)24-14(13)10-6-2-4-8-23-10/h2,4,6,8-9,22H,1,3,5,7H2. The summed E-state index contributed by atoms with van der Waals surface area (Å²) in [5.41, 5.74) is -0.815. The largest absolute Gasteiger partial charge is 0.418 e. The van der Waals surface area contributed by atoms with E-state index in [1.54, 1.807) is 18.2 Å². The molecule has 0 saturated carbocycles. The van der Waals surface area contributed by atoms with Gasteiger partial charge < -0.3 is 5.32 Å². The van der Waals surface area contributed by atoms with E-state index in [1.165, 1.54) is 6.20 Å². The van der Waals surface area contributed by atoms with Gasteiger partial charge in [-0.2, -0.15) is 13.2 Å². The molecule has 1 saturated heterocycles. The predicted molar refractivity (Wildman–Crippen MR) is 87.1 cm³/mol. The maximum Gasteiger partial charge on any atom is 0.418 e. The molecule has 0 aliphatic carbocycles. The summed E-state index contributed by atoms with van der Waals surface area (Å²) < 4.78 is 41.2. The van der Waals surface area contributed by atoms with E-state index >= 15 is 0 Å². The number of nitrogens with zero attached hydrogens (tertiary/aromatic N) is 2.